The monoisotopic (exact) mass is 254 g/mol. The van der Waals surface area contributed by atoms with Gasteiger partial charge in [0.2, 0.25) is 0 Å². The lowest BCUT2D eigenvalue weighted by Crippen LogP contribution is -1.92. The Balaban J connectivity index is 0. The lowest BCUT2D eigenvalue weighted by atomic mass is 10.1. The molecular formula is C16H30O2. The topological polar surface area (TPSA) is 37.3 Å². The van der Waals surface area contributed by atoms with Crippen LogP contribution in [0.3, 0.4) is 0 Å². The standard InChI is InChI=1S/C12H24.C4H6O2/c1-3-5-7-9-11-12-10-8-6-4-2;1-3(2)4(5)6/h3,5H,4,6-12H2,1-2H3;1H2,2H3,(H,5,6)/b5-3+;. The second kappa shape index (κ2) is 16.0. The third kappa shape index (κ3) is 20.4. The SMILES string of the molecule is C/C=C/CCCCCCCCC.C=C(C)C(=O)O. The Labute approximate surface area is 113 Å². The normalized spacial score (nSPS) is 9.94. The van der Waals surface area contributed by atoms with E-state index in [-0.39, 0.29) is 5.57 Å². The van der Waals surface area contributed by atoms with Crippen LogP contribution in [-0.4, -0.2) is 11.1 Å². The Bertz CT molecular complexity index is 217. The first-order valence-electron chi connectivity index (χ1n) is 7.06. The third-order valence-corrected chi connectivity index (χ3v) is 2.58. The van der Waals surface area contributed by atoms with Crippen LogP contribution in [0.25, 0.3) is 0 Å². The number of hydrogen-bond donors (Lipinski definition) is 1. The fourth-order valence-electron chi connectivity index (χ4n) is 1.39. The summed E-state index contributed by atoms with van der Waals surface area (Å²) >= 11 is 0. The molecule has 0 saturated heterocycles. The maximum absolute atomic E-state index is 9.60. The molecule has 0 aliphatic rings. The van der Waals surface area contributed by atoms with Crippen LogP contribution in [0, 0.1) is 0 Å². The van der Waals surface area contributed by atoms with Crippen molar-refractivity contribution in [2.75, 3.05) is 0 Å². The average molecular weight is 254 g/mol. The summed E-state index contributed by atoms with van der Waals surface area (Å²) in [5, 5.41) is 7.89. The molecule has 0 radical (unpaired) electrons. The van der Waals surface area contributed by atoms with Gasteiger partial charge in [0.05, 0.1) is 0 Å². The molecule has 18 heavy (non-hydrogen) atoms. The van der Waals surface area contributed by atoms with Crippen molar-refractivity contribution in [3.8, 4) is 0 Å². The number of aliphatic carboxylic acids is 1. The highest BCUT2D eigenvalue weighted by atomic mass is 16.4. The van der Waals surface area contributed by atoms with Gasteiger partial charge in [-0.25, -0.2) is 4.79 Å². The first-order valence-corrected chi connectivity index (χ1v) is 7.06. The van der Waals surface area contributed by atoms with E-state index >= 15 is 0 Å². The van der Waals surface area contributed by atoms with E-state index in [0.29, 0.717) is 0 Å². The van der Waals surface area contributed by atoms with Crippen LogP contribution in [0.15, 0.2) is 24.3 Å². The molecule has 0 aromatic carbocycles. The van der Waals surface area contributed by atoms with Gasteiger partial charge in [0.1, 0.15) is 0 Å². The minimum absolute atomic E-state index is 0.176. The summed E-state index contributed by atoms with van der Waals surface area (Å²) in [5.74, 6) is -0.935. The van der Waals surface area contributed by atoms with Gasteiger partial charge in [0.25, 0.3) is 0 Å². The zero-order valence-corrected chi connectivity index (χ0v) is 12.4. The van der Waals surface area contributed by atoms with E-state index in [1.165, 1.54) is 58.3 Å². The number of carbonyl (C=O) groups is 1. The quantitative estimate of drug-likeness (QED) is 0.342. The molecule has 0 aromatic heterocycles. The summed E-state index contributed by atoms with van der Waals surface area (Å²) in [6, 6.07) is 0. The first-order chi connectivity index (χ1) is 8.56. The van der Waals surface area contributed by atoms with E-state index in [1.54, 1.807) is 0 Å². The molecule has 0 aliphatic carbocycles. The summed E-state index contributed by atoms with van der Waals surface area (Å²) in [7, 11) is 0. The highest BCUT2D eigenvalue weighted by molar-refractivity contribution is 5.84. The minimum atomic E-state index is -0.935. The first kappa shape index (κ1) is 19.3. The van der Waals surface area contributed by atoms with Crippen molar-refractivity contribution in [2.24, 2.45) is 0 Å². The lowest BCUT2D eigenvalue weighted by Gasteiger charge is -1.98. The van der Waals surface area contributed by atoms with E-state index < -0.39 is 5.97 Å². The molecule has 0 bridgehead atoms. The Kier molecular flexibility index (Phi) is 17.1. The number of carboxylic acid groups (broad SMARTS) is 1. The van der Waals surface area contributed by atoms with Gasteiger partial charge in [-0.15, -0.1) is 0 Å². The number of hydrogen-bond acceptors (Lipinski definition) is 1. The summed E-state index contributed by atoms with van der Waals surface area (Å²) < 4.78 is 0. The molecule has 0 fully saturated rings. The van der Waals surface area contributed by atoms with E-state index in [9.17, 15) is 4.79 Å². The average Bonchev–Trinajstić information content (AvgIpc) is 2.33. The van der Waals surface area contributed by atoms with Crippen LogP contribution in [0.2, 0.25) is 0 Å². The van der Waals surface area contributed by atoms with Crippen molar-refractivity contribution in [3.05, 3.63) is 24.3 Å². The van der Waals surface area contributed by atoms with Crippen LogP contribution in [0.4, 0.5) is 0 Å². The van der Waals surface area contributed by atoms with Crippen molar-refractivity contribution < 1.29 is 9.90 Å². The Morgan fingerprint density at radius 3 is 1.94 bits per heavy atom. The van der Waals surface area contributed by atoms with Crippen LogP contribution in [-0.2, 0) is 4.79 Å². The number of carboxylic acids is 1. The van der Waals surface area contributed by atoms with Gasteiger partial charge in [-0.1, -0.05) is 64.2 Å². The maximum Gasteiger partial charge on any atom is 0.330 e. The van der Waals surface area contributed by atoms with Gasteiger partial charge >= 0.3 is 5.97 Å². The number of unbranched alkanes of at least 4 members (excludes halogenated alkanes) is 7. The van der Waals surface area contributed by atoms with Crippen molar-refractivity contribution in [2.45, 2.75) is 72.1 Å². The predicted octanol–water partition coefficient (Wildman–Crippen LogP) is 5.35. The minimum Gasteiger partial charge on any atom is -0.478 e. The van der Waals surface area contributed by atoms with Crippen LogP contribution < -0.4 is 0 Å². The molecule has 0 amide bonds. The van der Waals surface area contributed by atoms with Crippen molar-refractivity contribution in [1.29, 1.82) is 0 Å². The molecule has 0 rings (SSSR count). The molecule has 1 N–H and O–H groups in total. The predicted molar refractivity (Wildman–Crippen MR) is 79.9 cm³/mol. The molecule has 0 saturated carbocycles. The molecule has 0 spiro atoms. The van der Waals surface area contributed by atoms with Gasteiger partial charge in [0, 0.05) is 5.57 Å². The molecule has 0 atom stereocenters. The fourth-order valence-corrected chi connectivity index (χ4v) is 1.39. The van der Waals surface area contributed by atoms with Crippen molar-refractivity contribution in [3.63, 3.8) is 0 Å². The van der Waals surface area contributed by atoms with Crippen LogP contribution in [0.1, 0.15) is 72.1 Å². The highest BCUT2D eigenvalue weighted by Gasteiger charge is 1.90. The summed E-state index contributed by atoms with van der Waals surface area (Å²) in [5.41, 5.74) is 0.176. The van der Waals surface area contributed by atoms with Gasteiger partial charge in [-0.2, -0.15) is 0 Å². The molecular weight excluding hydrogens is 224 g/mol. The summed E-state index contributed by atoms with van der Waals surface area (Å²) in [6.07, 6.45) is 15.6. The summed E-state index contributed by atoms with van der Waals surface area (Å²) in [6.45, 7) is 8.97. The van der Waals surface area contributed by atoms with Gasteiger partial charge < -0.3 is 5.11 Å². The molecule has 0 unspecified atom stereocenters. The Morgan fingerprint density at radius 1 is 1.11 bits per heavy atom. The zero-order chi connectivity index (χ0) is 14.2. The van der Waals surface area contributed by atoms with Gasteiger partial charge in [-0.3, -0.25) is 0 Å². The molecule has 106 valence electrons. The zero-order valence-electron chi connectivity index (χ0n) is 12.4. The molecule has 0 aromatic rings. The van der Waals surface area contributed by atoms with Crippen molar-refractivity contribution >= 4 is 5.97 Å². The van der Waals surface area contributed by atoms with E-state index in [2.05, 4.69) is 32.6 Å². The maximum atomic E-state index is 9.60. The smallest absolute Gasteiger partial charge is 0.330 e. The summed E-state index contributed by atoms with van der Waals surface area (Å²) in [4.78, 5) is 9.60. The van der Waals surface area contributed by atoms with Crippen molar-refractivity contribution in [1.82, 2.24) is 0 Å². The Morgan fingerprint density at radius 2 is 1.56 bits per heavy atom. The molecule has 2 nitrogen and oxygen atoms in total. The third-order valence-electron chi connectivity index (χ3n) is 2.58. The second-order valence-corrected chi connectivity index (χ2v) is 4.56. The van der Waals surface area contributed by atoms with Gasteiger partial charge in [-0.05, 0) is 26.7 Å². The largest absolute Gasteiger partial charge is 0.478 e. The van der Waals surface area contributed by atoms with E-state index in [0.717, 1.165) is 0 Å². The number of allylic oxidation sites excluding steroid dienone is 2. The van der Waals surface area contributed by atoms with E-state index in [1.807, 2.05) is 0 Å². The molecule has 0 heterocycles. The Hall–Kier alpha value is -1.05. The van der Waals surface area contributed by atoms with Gasteiger partial charge in [0.15, 0.2) is 0 Å². The lowest BCUT2D eigenvalue weighted by molar-refractivity contribution is -0.132. The van der Waals surface area contributed by atoms with Crippen LogP contribution >= 0.6 is 0 Å². The molecule has 2 heteroatoms. The highest BCUT2D eigenvalue weighted by Crippen LogP contribution is 2.08. The van der Waals surface area contributed by atoms with E-state index in [4.69, 9.17) is 5.11 Å². The molecule has 0 aliphatic heterocycles. The fraction of sp³-hybridized carbons (Fsp3) is 0.688. The van der Waals surface area contributed by atoms with Crippen LogP contribution in [0.5, 0.6) is 0 Å². The second-order valence-electron chi connectivity index (χ2n) is 4.56. The number of rotatable bonds is 9.